The topological polar surface area (TPSA) is 72.8 Å². The van der Waals surface area contributed by atoms with Crippen LogP contribution in [0.5, 0.6) is 0 Å². The molecule has 0 saturated heterocycles. The quantitative estimate of drug-likeness (QED) is 0.577. The molecule has 0 aromatic heterocycles. The minimum absolute atomic E-state index is 0.138. The Hall–Kier alpha value is -1.88. The predicted octanol–water partition coefficient (Wildman–Crippen LogP) is 2.36. The molecule has 19 heavy (non-hydrogen) atoms. The highest BCUT2D eigenvalue weighted by Crippen LogP contribution is 2.06. The van der Waals surface area contributed by atoms with Crippen LogP contribution >= 0.6 is 0 Å². The van der Waals surface area contributed by atoms with E-state index in [0.29, 0.717) is 18.8 Å². The Bertz CT molecular complexity index is 410. The molecular formula is C14H18O5. The summed E-state index contributed by atoms with van der Waals surface area (Å²) in [6.45, 7) is 3.31. The highest BCUT2D eigenvalue weighted by molar-refractivity contribution is 5.92. The van der Waals surface area contributed by atoms with Crippen molar-refractivity contribution in [2.24, 2.45) is 0 Å². The average Bonchev–Trinajstić information content (AvgIpc) is 2.42. The summed E-state index contributed by atoms with van der Waals surface area (Å²) in [5.74, 6) is -1.50. The Morgan fingerprint density at radius 3 is 2.26 bits per heavy atom. The van der Waals surface area contributed by atoms with Gasteiger partial charge in [-0.05, 0) is 30.7 Å². The fourth-order valence-electron chi connectivity index (χ4n) is 1.37. The van der Waals surface area contributed by atoms with Crippen molar-refractivity contribution in [2.45, 2.75) is 19.8 Å². The summed E-state index contributed by atoms with van der Waals surface area (Å²) in [6.07, 6.45) is 2.06. The van der Waals surface area contributed by atoms with Gasteiger partial charge in [0.25, 0.3) is 0 Å². The monoisotopic (exact) mass is 266 g/mol. The molecule has 104 valence electrons. The Morgan fingerprint density at radius 1 is 1.05 bits per heavy atom. The number of carboxylic acid groups (broad SMARTS) is 1. The van der Waals surface area contributed by atoms with E-state index < -0.39 is 11.9 Å². The van der Waals surface area contributed by atoms with Gasteiger partial charge in [-0.2, -0.15) is 0 Å². The van der Waals surface area contributed by atoms with E-state index in [-0.39, 0.29) is 12.2 Å². The maximum absolute atomic E-state index is 11.6. The molecular weight excluding hydrogens is 248 g/mol. The summed E-state index contributed by atoms with van der Waals surface area (Å²) in [4.78, 5) is 22.2. The van der Waals surface area contributed by atoms with Crippen LogP contribution in [0.4, 0.5) is 0 Å². The molecule has 0 amide bonds. The third-order valence-corrected chi connectivity index (χ3v) is 2.47. The first kappa shape index (κ1) is 15.2. The van der Waals surface area contributed by atoms with Crippen molar-refractivity contribution in [2.75, 3.05) is 19.8 Å². The number of benzene rings is 1. The van der Waals surface area contributed by atoms with Gasteiger partial charge >= 0.3 is 11.9 Å². The van der Waals surface area contributed by atoms with Crippen molar-refractivity contribution in [3.05, 3.63) is 35.4 Å². The number of carbonyl (C=O) groups is 2. The number of rotatable bonds is 8. The normalized spacial score (nSPS) is 10.2. The van der Waals surface area contributed by atoms with Gasteiger partial charge in [0.15, 0.2) is 0 Å². The van der Waals surface area contributed by atoms with Gasteiger partial charge in [0, 0.05) is 6.61 Å². The number of aromatic carboxylic acids is 1. The minimum Gasteiger partial charge on any atom is -0.478 e. The molecule has 5 heteroatoms. The summed E-state index contributed by atoms with van der Waals surface area (Å²) in [5, 5.41) is 8.73. The summed E-state index contributed by atoms with van der Waals surface area (Å²) < 4.78 is 10.3. The van der Waals surface area contributed by atoms with Crippen LogP contribution in [0.1, 0.15) is 40.5 Å². The fourth-order valence-corrected chi connectivity index (χ4v) is 1.37. The van der Waals surface area contributed by atoms with Gasteiger partial charge in [-0.25, -0.2) is 9.59 Å². The van der Waals surface area contributed by atoms with E-state index in [1.807, 2.05) is 0 Å². The van der Waals surface area contributed by atoms with E-state index in [1.54, 1.807) is 0 Å². The standard InChI is InChI=1S/C14H18O5/c1-2-3-8-18-9-10-19-14(17)12-6-4-11(5-7-12)13(15)16/h4-7H,2-3,8-10H2,1H3,(H,15,16). The minimum atomic E-state index is -1.02. The summed E-state index contributed by atoms with van der Waals surface area (Å²) in [5.41, 5.74) is 0.470. The molecule has 1 aromatic carbocycles. The van der Waals surface area contributed by atoms with Crippen molar-refractivity contribution in [3.8, 4) is 0 Å². The summed E-state index contributed by atoms with van der Waals surface area (Å²) >= 11 is 0. The fraction of sp³-hybridized carbons (Fsp3) is 0.429. The Labute approximate surface area is 112 Å². The highest BCUT2D eigenvalue weighted by Gasteiger charge is 2.08. The maximum Gasteiger partial charge on any atom is 0.338 e. The van der Waals surface area contributed by atoms with E-state index in [1.165, 1.54) is 24.3 Å². The smallest absolute Gasteiger partial charge is 0.338 e. The SMILES string of the molecule is CCCCOCCOC(=O)c1ccc(C(=O)O)cc1. The van der Waals surface area contributed by atoms with Crippen LogP contribution in [0.3, 0.4) is 0 Å². The molecule has 0 aliphatic heterocycles. The van der Waals surface area contributed by atoms with Gasteiger partial charge in [-0.3, -0.25) is 0 Å². The number of carboxylic acids is 1. The average molecular weight is 266 g/mol. The van der Waals surface area contributed by atoms with E-state index in [0.717, 1.165) is 12.8 Å². The van der Waals surface area contributed by atoms with Crippen LogP contribution in [0.15, 0.2) is 24.3 Å². The molecule has 0 fully saturated rings. The Morgan fingerprint density at radius 2 is 1.68 bits per heavy atom. The van der Waals surface area contributed by atoms with Gasteiger partial charge in [0.1, 0.15) is 6.61 Å². The van der Waals surface area contributed by atoms with Crippen molar-refractivity contribution in [1.82, 2.24) is 0 Å². The zero-order chi connectivity index (χ0) is 14.1. The van der Waals surface area contributed by atoms with E-state index in [9.17, 15) is 9.59 Å². The largest absolute Gasteiger partial charge is 0.478 e. The van der Waals surface area contributed by atoms with Crippen molar-refractivity contribution in [1.29, 1.82) is 0 Å². The lowest BCUT2D eigenvalue weighted by Crippen LogP contribution is -2.11. The molecule has 0 saturated carbocycles. The van der Waals surface area contributed by atoms with Crippen LogP contribution in [-0.4, -0.2) is 36.9 Å². The van der Waals surface area contributed by atoms with Crippen LogP contribution in [0.2, 0.25) is 0 Å². The van der Waals surface area contributed by atoms with Crippen LogP contribution in [0, 0.1) is 0 Å². The van der Waals surface area contributed by atoms with Gasteiger partial charge in [-0.15, -0.1) is 0 Å². The Kier molecular flexibility index (Phi) is 6.60. The molecule has 0 unspecified atom stereocenters. The second kappa shape index (κ2) is 8.26. The van der Waals surface area contributed by atoms with Crippen molar-refractivity contribution in [3.63, 3.8) is 0 Å². The first-order chi connectivity index (χ1) is 9.15. The number of hydrogen-bond acceptors (Lipinski definition) is 4. The summed E-state index contributed by atoms with van der Waals surface area (Å²) in [7, 11) is 0. The van der Waals surface area contributed by atoms with Gasteiger partial charge in [-0.1, -0.05) is 13.3 Å². The number of carbonyl (C=O) groups excluding carboxylic acids is 1. The van der Waals surface area contributed by atoms with Crippen molar-refractivity contribution >= 4 is 11.9 Å². The number of unbranched alkanes of at least 4 members (excludes halogenated alkanes) is 1. The van der Waals surface area contributed by atoms with Gasteiger partial charge in [0.05, 0.1) is 17.7 Å². The van der Waals surface area contributed by atoms with Crippen LogP contribution in [-0.2, 0) is 9.47 Å². The third kappa shape index (κ3) is 5.52. The molecule has 0 heterocycles. The first-order valence-electron chi connectivity index (χ1n) is 6.23. The van der Waals surface area contributed by atoms with E-state index in [4.69, 9.17) is 14.6 Å². The molecule has 0 aliphatic carbocycles. The van der Waals surface area contributed by atoms with Crippen LogP contribution < -0.4 is 0 Å². The van der Waals surface area contributed by atoms with Gasteiger partial charge in [0.2, 0.25) is 0 Å². The van der Waals surface area contributed by atoms with Crippen molar-refractivity contribution < 1.29 is 24.2 Å². The number of esters is 1. The molecule has 5 nitrogen and oxygen atoms in total. The molecule has 0 radical (unpaired) electrons. The van der Waals surface area contributed by atoms with E-state index >= 15 is 0 Å². The Balaban J connectivity index is 2.31. The van der Waals surface area contributed by atoms with Gasteiger partial charge < -0.3 is 14.6 Å². The summed E-state index contributed by atoms with van der Waals surface area (Å²) in [6, 6.07) is 5.61. The van der Waals surface area contributed by atoms with E-state index in [2.05, 4.69) is 6.92 Å². The lowest BCUT2D eigenvalue weighted by atomic mass is 10.1. The second-order valence-corrected chi connectivity index (χ2v) is 3.98. The third-order valence-electron chi connectivity index (χ3n) is 2.47. The number of ether oxygens (including phenoxy) is 2. The second-order valence-electron chi connectivity index (χ2n) is 3.98. The lowest BCUT2D eigenvalue weighted by molar-refractivity contribution is 0.0313. The highest BCUT2D eigenvalue weighted by atomic mass is 16.6. The van der Waals surface area contributed by atoms with Crippen LogP contribution in [0.25, 0.3) is 0 Å². The molecule has 1 rings (SSSR count). The molecule has 1 N–H and O–H groups in total. The zero-order valence-corrected chi connectivity index (χ0v) is 10.9. The molecule has 0 spiro atoms. The molecule has 0 aliphatic rings. The zero-order valence-electron chi connectivity index (χ0n) is 10.9. The molecule has 0 atom stereocenters. The molecule has 1 aromatic rings. The molecule has 0 bridgehead atoms. The predicted molar refractivity (Wildman–Crippen MR) is 69.4 cm³/mol. The number of hydrogen-bond donors (Lipinski definition) is 1. The lowest BCUT2D eigenvalue weighted by Gasteiger charge is -2.06. The maximum atomic E-state index is 11.6. The first-order valence-corrected chi connectivity index (χ1v) is 6.23.